The number of fused-ring (bicyclic) bond motifs is 1. The van der Waals surface area contributed by atoms with Gasteiger partial charge in [-0.05, 0) is 30.7 Å². The summed E-state index contributed by atoms with van der Waals surface area (Å²) in [6.07, 6.45) is 1.47. The molecule has 3 aromatic rings. The van der Waals surface area contributed by atoms with Crippen LogP contribution in [0, 0.1) is 12.7 Å². The molecule has 2 aromatic carbocycles. The normalized spacial score (nSPS) is 11.5. The summed E-state index contributed by atoms with van der Waals surface area (Å²) in [6, 6.07) is 12.3. The smallest absolute Gasteiger partial charge is 0.198 e. The Labute approximate surface area is 115 Å². The molecule has 0 aliphatic rings. The Kier molecular flexibility index (Phi) is 2.99. The highest BCUT2D eigenvalue weighted by molar-refractivity contribution is 6.02. The fourth-order valence-corrected chi connectivity index (χ4v) is 2.13. The minimum Gasteiger partial charge on any atom is -0.494 e. The summed E-state index contributed by atoms with van der Waals surface area (Å²) in [6.45, 7) is 1.82. The quantitative estimate of drug-likeness (QED) is 0.676. The summed E-state index contributed by atoms with van der Waals surface area (Å²) >= 11 is 0. The maximum absolute atomic E-state index is 13.7. The molecular formula is C16H13FN2O. The Bertz CT molecular complexity index is 805. The lowest BCUT2D eigenvalue weighted by Gasteiger charge is -1.98. The third-order valence-corrected chi connectivity index (χ3v) is 3.16. The van der Waals surface area contributed by atoms with Crippen LogP contribution in [0.2, 0.25) is 0 Å². The molecule has 100 valence electrons. The van der Waals surface area contributed by atoms with Crippen LogP contribution < -0.4 is 0 Å². The number of aliphatic imine (C=N–C) groups is 1. The molecule has 0 spiro atoms. The van der Waals surface area contributed by atoms with Crippen molar-refractivity contribution < 1.29 is 9.50 Å². The average molecular weight is 268 g/mol. The van der Waals surface area contributed by atoms with E-state index in [-0.39, 0.29) is 17.4 Å². The fourth-order valence-electron chi connectivity index (χ4n) is 2.13. The van der Waals surface area contributed by atoms with Gasteiger partial charge in [0.2, 0.25) is 0 Å². The van der Waals surface area contributed by atoms with Crippen LogP contribution in [0.15, 0.2) is 47.5 Å². The van der Waals surface area contributed by atoms with Gasteiger partial charge in [0.05, 0.1) is 11.3 Å². The van der Waals surface area contributed by atoms with Crippen LogP contribution in [-0.2, 0) is 0 Å². The van der Waals surface area contributed by atoms with Crippen LogP contribution in [0.1, 0.15) is 11.1 Å². The molecule has 2 N–H and O–H groups in total. The van der Waals surface area contributed by atoms with Gasteiger partial charge in [-0.3, -0.25) is 4.99 Å². The van der Waals surface area contributed by atoms with Crippen LogP contribution in [0.5, 0.6) is 5.88 Å². The first-order chi connectivity index (χ1) is 9.65. The van der Waals surface area contributed by atoms with E-state index in [1.165, 1.54) is 12.3 Å². The summed E-state index contributed by atoms with van der Waals surface area (Å²) in [5.74, 6) is -0.344. The SMILES string of the molecule is Cc1ccc(N=Cc2c(O)[nH]c3ccccc23)c(F)c1. The number of aryl methyl sites for hydroxylation is 1. The largest absolute Gasteiger partial charge is 0.494 e. The number of para-hydroxylation sites is 1. The monoisotopic (exact) mass is 268 g/mol. The molecule has 0 saturated heterocycles. The molecule has 0 radical (unpaired) electrons. The number of hydrogen-bond acceptors (Lipinski definition) is 2. The molecule has 0 aliphatic heterocycles. The lowest BCUT2D eigenvalue weighted by Crippen LogP contribution is -1.82. The third-order valence-electron chi connectivity index (χ3n) is 3.16. The highest BCUT2D eigenvalue weighted by Gasteiger charge is 2.08. The van der Waals surface area contributed by atoms with Crippen molar-refractivity contribution in [1.29, 1.82) is 0 Å². The Morgan fingerprint density at radius 1 is 1.20 bits per heavy atom. The predicted molar refractivity (Wildman–Crippen MR) is 78.4 cm³/mol. The molecule has 3 nitrogen and oxygen atoms in total. The second-order valence-corrected chi connectivity index (χ2v) is 4.65. The zero-order valence-corrected chi connectivity index (χ0v) is 10.9. The van der Waals surface area contributed by atoms with E-state index in [0.717, 1.165) is 16.5 Å². The Morgan fingerprint density at radius 3 is 2.80 bits per heavy atom. The molecule has 0 aliphatic carbocycles. The predicted octanol–water partition coefficient (Wildman–Crippen LogP) is 4.07. The van der Waals surface area contributed by atoms with Crippen LogP contribution in [-0.4, -0.2) is 16.3 Å². The molecule has 4 heteroatoms. The lowest BCUT2D eigenvalue weighted by molar-refractivity contribution is 0.457. The summed E-state index contributed by atoms with van der Waals surface area (Å²) in [5, 5.41) is 10.7. The molecule has 1 heterocycles. The van der Waals surface area contributed by atoms with E-state index >= 15 is 0 Å². The number of nitrogens with one attached hydrogen (secondary N) is 1. The Hall–Kier alpha value is -2.62. The van der Waals surface area contributed by atoms with Crippen molar-refractivity contribution in [1.82, 2.24) is 4.98 Å². The number of H-pyrrole nitrogens is 1. The summed E-state index contributed by atoms with van der Waals surface area (Å²) < 4.78 is 13.7. The third kappa shape index (κ3) is 2.16. The van der Waals surface area contributed by atoms with Gasteiger partial charge in [0.25, 0.3) is 0 Å². The number of aromatic nitrogens is 1. The van der Waals surface area contributed by atoms with E-state index < -0.39 is 0 Å². The van der Waals surface area contributed by atoms with Crippen molar-refractivity contribution in [2.45, 2.75) is 6.92 Å². The molecule has 0 unspecified atom stereocenters. The first kappa shape index (κ1) is 12.4. The summed E-state index contributed by atoms with van der Waals surface area (Å²) in [5.41, 5.74) is 2.47. The Morgan fingerprint density at radius 2 is 2.00 bits per heavy atom. The minimum atomic E-state index is -0.374. The molecule has 0 atom stereocenters. The van der Waals surface area contributed by atoms with Gasteiger partial charge in [0.15, 0.2) is 5.88 Å². The molecule has 0 bridgehead atoms. The number of aromatic amines is 1. The second kappa shape index (κ2) is 4.81. The highest BCUT2D eigenvalue weighted by Crippen LogP contribution is 2.26. The first-order valence-corrected chi connectivity index (χ1v) is 6.25. The molecule has 3 rings (SSSR count). The van der Waals surface area contributed by atoms with Crippen LogP contribution in [0.3, 0.4) is 0 Å². The van der Waals surface area contributed by atoms with E-state index in [9.17, 15) is 9.50 Å². The van der Waals surface area contributed by atoms with Gasteiger partial charge in [0.1, 0.15) is 5.82 Å². The maximum atomic E-state index is 13.7. The summed E-state index contributed by atoms with van der Waals surface area (Å²) in [4.78, 5) is 6.98. The molecule has 20 heavy (non-hydrogen) atoms. The van der Waals surface area contributed by atoms with Crippen LogP contribution in [0.25, 0.3) is 10.9 Å². The standard InChI is InChI=1S/C16H13FN2O/c1-10-6-7-15(13(17)8-10)18-9-12-11-4-2-3-5-14(11)19-16(12)20/h2-9,19-20H,1H3. The van der Waals surface area contributed by atoms with Crippen molar-refractivity contribution in [2.24, 2.45) is 4.99 Å². The van der Waals surface area contributed by atoms with E-state index in [4.69, 9.17) is 0 Å². The number of rotatable bonds is 2. The van der Waals surface area contributed by atoms with Crippen molar-refractivity contribution in [3.8, 4) is 5.88 Å². The van der Waals surface area contributed by atoms with Crippen molar-refractivity contribution in [3.05, 3.63) is 59.4 Å². The van der Waals surface area contributed by atoms with E-state index in [1.54, 1.807) is 12.1 Å². The topological polar surface area (TPSA) is 48.4 Å². The number of hydrogen-bond donors (Lipinski definition) is 2. The van der Waals surface area contributed by atoms with E-state index in [0.29, 0.717) is 5.56 Å². The maximum Gasteiger partial charge on any atom is 0.198 e. The number of halogens is 1. The number of benzene rings is 2. The van der Waals surface area contributed by atoms with Crippen molar-refractivity contribution >= 4 is 22.8 Å². The molecule has 0 saturated carbocycles. The van der Waals surface area contributed by atoms with E-state index in [1.807, 2.05) is 31.2 Å². The number of aromatic hydroxyl groups is 1. The fraction of sp³-hybridized carbons (Fsp3) is 0.0625. The molecular weight excluding hydrogens is 255 g/mol. The lowest BCUT2D eigenvalue weighted by atomic mass is 10.2. The zero-order chi connectivity index (χ0) is 14.1. The van der Waals surface area contributed by atoms with E-state index in [2.05, 4.69) is 9.98 Å². The van der Waals surface area contributed by atoms with Gasteiger partial charge >= 0.3 is 0 Å². The van der Waals surface area contributed by atoms with Crippen LogP contribution in [0.4, 0.5) is 10.1 Å². The number of nitrogens with zero attached hydrogens (tertiary/aromatic N) is 1. The van der Waals surface area contributed by atoms with Crippen molar-refractivity contribution in [2.75, 3.05) is 0 Å². The average Bonchev–Trinajstić information content (AvgIpc) is 2.74. The van der Waals surface area contributed by atoms with Crippen molar-refractivity contribution in [3.63, 3.8) is 0 Å². The van der Waals surface area contributed by atoms with Gasteiger partial charge in [-0.1, -0.05) is 24.3 Å². The zero-order valence-electron chi connectivity index (χ0n) is 10.9. The highest BCUT2D eigenvalue weighted by atomic mass is 19.1. The molecule has 0 amide bonds. The second-order valence-electron chi connectivity index (χ2n) is 4.65. The van der Waals surface area contributed by atoms with Gasteiger partial charge in [-0.2, -0.15) is 0 Å². The Balaban J connectivity index is 2.04. The van der Waals surface area contributed by atoms with Gasteiger partial charge in [-0.25, -0.2) is 4.39 Å². The summed E-state index contributed by atoms with van der Waals surface area (Å²) in [7, 11) is 0. The van der Waals surface area contributed by atoms with Gasteiger partial charge in [0, 0.05) is 17.1 Å². The first-order valence-electron chi connectivity index (χ1n) is 6.25. The minimum absolute atomic E-state index is 0.0301. The molecule has 0 fully saturated rings. The van der Waals surface area contributed by atoms with Gasteiger partial charge in [-0.15, -0.1) is 0 Å². The van der Waals surface area contributed by atoms with Crippen LogP contribution >= 0.6 is 0 Å². The molecule has 1 aromatic heterocycles. The van der Waals surface area contributed by atoms with Gasteiger partial charge < -0.3 is 10.1 Å².